The summed E-state index contributed by atoms with van der Waals surface area (Å²) in [7, 11) is 3.33. The Bertz CT molecular complexity index is 761. The van der Waals surface area contributed by atoms with Gasteiger partial charge in [-0.25, -0.2) is 4.98 Å². The average molecular weight is 368 g/mol. The first-order chi connectivity index (χ1) is 11.3. The Morgan fingerprint density at radius 3 is 2.71 bits per heavy atom. The molecule has 0 spiro atoms. The number of nitrogens with zero attached hydrogens (tertiary/aromatic N) is 2. The second kappa shape index (κ2) is 7.63. The van der Waals surface area contributed by atoms with E-state index < -0.39 is 6.10 Å². The van der Waals surface area contributed by atoms with Crippen molar-refractivity contribution in [1.29, 1.82) is 0 Å². The Morgan fingerprint density at radius 1 is 1.38 bits per heavy atom. The lowest BCUT2D eigenvalue weighted by Crippen LogP contribution is -2.30. The number of carbonyl (C=O) groups excluding carboxylic acids is 2. The van der Waals surface area contributed by atoms with Crippen LogP contribution in [-0.2, 0) is 4.79 Å². The van der Waals surface area contributed by atoms with Crippen LogP contribution in [0, 0.1) is 6.92 Å². The fraction of sp³-hybridized carbons (Fsp3) is 0.312. The van der Waals surface area contributed by atoms with E-state index in [-0.39, 0.29) is 11.8 Å². The molecule has 0 saturated heterocycles. The van der Waals surface area contributed by atoms with Crippen molar-refractivity contribution < 1.29 is 14.3 Å². The zero-order valence-electron chi connectivity index (χ0n) is 13.8. The third-order valence-corrected chi connectivity index (χ3v) is 4.40. The minimum absolute atomic E-state index is 0.145. The average Bonchev–Trinajstić information content (AvgIpc) is 2.86. The van der Waals surface area contributed by atoms with Crippen LogP contribution in [0.2, 0.25) is 5.02 Å². The van der Waals surface area contributed by atoms with Gasteiger partial charge in [-0.1, -0.05) is 29.0 Å². The molecule has 1 aromatic carbocycles. The van der Waals surface area contributed by atoms with Crippen LogP contribution in [0.3, 0.4) is 0 Å². The molecular weight excluding hydrogens is 350 g/mol. The molecule has 1 heterocycles. The van der Waals surface area contributed by atoms with Crippen LogP contribution in [0.4, 0.5) is 5.13 Å². The van der Waals surface area contributed by atoms with Gasteiger partial charge in [0.1, 0.15) is 10.6 Å². The minimum Gasteiger partial charge on any atom is -0.481 e. The fourth-order valence-electron chi connectivity index (χ4n) is 1.86. The minimum atomic E-state index is -0.735. The van der Waals surface area contributed by atoms with Gasteiger partial charge in [-0.3, -0.25) is 14.9 Å². The molecule has 1 aromatic heterocycles. The predicted molar refractivity (Wildman–Crippen MR) is 95.0 cm³/mol. The lowest BCUT2D eigenvalue weighted by atomic mass is 10.3. The van der Waals surface area contributed by atoms with Gasteiger partial charge in [0, 0.05) is 19.1 Å². The standard InChI is InChI=1S/C16H18ClN3O3S/c1-9-13(15(22)20(3)4)24-16(18-9)19-14(21)10(2)23-12-7-5-6-11(17)8-12/h5-8,10H,1-4H3,(H,18,19,21)/t10-/m1/s1. The van der Waals surface area contributed by atoms with Gasteiger partial charge < -0.3 is 9.64 Å². The van der Waals surface area contributed by atoms with Gasteiger partial charge in [0.15, 0.2) is 11.2 Å². The molecular formula is C16H18ClN3O3S. The zero-order chi connectivity index (χ0) is 17.9. The zero-order valence-corrected chi connectivity index (χ0v) is 15.4. The SMILES string of the molecule is Cc1nc(NC(=O)[C@@H](C)Oc2cccc(Cl)c2)sc1C(=O)N(C)C. The van der Waals surface area contributed by atoms with Crippen molar-refractivity contribution in [1.82, 2.24) is 9.88 Å². The number of carbonyl (C=O) groups is 2. The number of hydrogen-bond acceptors (Lipinski definition) is 5. The number of aromatic nitrogens is 1. The topological polar surface area (TPSA) is 71.5 Å². The van der Waals surface area contributed by atoms with E-state index in [1.807, 2.05) is 0 Å². The van der Waals surface area contributed by atoms with Crippen molar-refractivity contribution in [3.8, 4) is 5.75 Å². The Kier molecular flexibility index (Phi) is 5.80. The van der Waals surface area contributed by atoms with Gasteiger partial charge >= 0.3 is 0 Å². The maximum Gasteiger partial charge on any atom is 0.266 e. The predicted octanol–water partition coefficient (Wildman–Crippen LogP) is 3.21. The number of anilines is 1. The van der Waals surface area contributed by atoms with E-state index in [9.17, 15) is 9.59 Å². The summed E-state index contributed by atoms with van der Waals surface area (Å²) in [5.41, 5.74) is 0.581. The van der Waals surface area contributed by atoms with E-state index in [0.717, 1.165) is 11.3 Å². The molecule has 0 aliphatic carbocycles. The van der Waals surface area contributed by atoms with Crippen molar-refractivity contribution in [2.45, 2.75) is 20.0 Å². The third kappa shape index (κ3) is 4.46. The number of rotatable bonds is 5. The monoisotopic (exact) mass is 367 g/mol. The molecule has 0 radical (unpaired) electrons. The molecule has 8 heteroatoms. The summed E-state index contributed by atoms with van der Waals surface area (Å²) in [5, 5.41) is 3.57. The fourth-order valence-corrected chi connectivity index (χ4v) is 3.03. The highest BCUT2D eigenvalue weighted by Crippen LogP contribution is 2.24. The number of thiazole rings is 1. The first-order valence-corrected chi connectivity index (χ1v) is 8.39. The first kappa shape index (κ1) is 18.2. The highest BCUT2D eigenvalue weighted by atomic mass is 35.5. The van der Waals surface area contributed by atoms with E-state index in [0.29, 0.717) is 26.5 Å². The lowest BCUT2D eigenvalue weighted by Gasteiger charge is -2.13. The number of aryl methyl sites for hydroxylation is 1. The highest BCUT2D eigenvalue weighted by molar-refractivity contribution is 7.17. The van der Waals surface area contributed by atoms with Crippen LogP contribution < -0.4 is 10.1 Å². The summed E-state index contributed by atoms with van der Waals surface area (Å²) >= 11 is 7.03. The van der Waals surface area contributed by atoms with Gasteiger partial charge in [-0.05, 0) is 32.0 Å². The van der Waals surface area contributed by atoms with Crippen LogP contribution in [0.1, 0.15) is 22.3 Å². The molecule has 2 rings (SSSR count). The van der Waals surface area contributed by atoms with Gasteiger partial charge in [0.25, 0.3) is 11.8 Å². The van der Waals surface area contributed by atoms with Gasteiger partial charge in [-0.15, -0.1) is 0 Å². The number of amides is 2. The molecule has 0 unspecified atom stereocenters. The molecule has 0 aliphatic rings. The molecule has 24 heavy (non-hydrogen) atoms. The van der Waals surface area contributed by atoms with Crippen molar-refractivity contribution in [3.05, 3.63) is 39.9 Å². The Hall–Kier alpha value is -2.12. The van der Waals surface area contributed by atoms with Crippen molar-refractivity contribution in [2.24, 2.45) is 0 Å². The van der Waals surface area contributed by atoms with Gasteiger partial charge in [-0.2, -0.15) is 0 Å². The van der Waals surface area contributed by atoms with Gasteiger partial charge in [0.05, 0.1) is 5.69 Å². The number of hydrogen-bond donors (Lipinski definition) is 1. The molecule has 1 N–H and O–H groups in total. The second-order valence-electron chi connectivity index (χ2n) is 5.34. The molecule has 128 valence electrons. The van der Waals surface area contributed by atoms with Crippen LogP contribution >= 0.6 is 22.9 Å². The molecule has 2 amide bonds. The molecule has 0 fully saturated rings. The Morgan fingerprint density at radius 2 is 2.08 bits per heavy atom. The van der Waals surface area contributed by atoms with Crippen molar-refractivity contribution in [3.63, 3.8) is 0 Å². The smallest absolute Gasteiger partial charge is 0.266 e. The normalized spacial score (nSPS) is 11.7. The third-order valence-electron chi connectivity index (χ3n) is 3.11. The van der Waals surface area contributed by atoms with E-state index in [1.165, 1.54) is 4.90 Å². The number of nitrogens with one attached hydrogen (secondary N) is 1. The first-order valence-electron chi connectivity index (χ1n) is 7.20. The quantitative estimate of drug-likeness (QED) is 0.880. The summed E-state index contributed by atoms with van der Waals surface area (Å²) in [6, 6.07) is 6.82. The Balaban J connectivity index is 2.04. The summed E-state index contributed by atoms with van der Waals surface area (Å²) in [6.07, 6.45) is -0.735. The van der Waals surface area contributed by atoms with Crippen molar-refractivity contribution >= 4 is 39.9 Å². The molecule has 2 aromatic rings. The molecule has 0 saturated carbocycles. The van der Waals surface area contributed by atoms with E-state index in [2.05, 4.69) is 10.3 Å². The summed E-state index contributed by atoms with van der Waals surface area (Å²) in [5.74, 6) is 0.00486. The highest BCUT2D eigenvalue weighted by Gasteiger charge is 2.20. The van der Waals surface area contributed by atoms with Crippen LogP contribution in [0.15, 0.2) is 24.3 Å². The van der Waals surface area contributed by atoms with Crippen molar-refractivity contribution in [2.75, 3.05) is 19.4 Å². The molecule has 0 aliphatic heterocycles. The van der Waals surface area contributed by atoms with E-state index >= 15 is 0 Å². The summed E-state index contributed by atoms with van der Waals surface area (Å²) < 4.78 is 5.56. The van der Waals surface area contributed by atoms with E-state index in [4.69, 9.17) is 16.3 Å². The second-order valence-corrected chi connectivity index (χ2v) is 6.78. The number of halogens is 1. The number of benzene rings is 1. The molecule has 1 atom stereocenters. The lowest BCUT2D eigenvalue weighted by molar-refractivity contribution is -0.122. The van der Waals surface area contributed by atoms with E-state index in [1.54, 1.807) is 52.2 Å². The molecule has 6 nitrogen and oxygen atoms in total. The van der Waals surface area contributed by atoms with Crippen LogP contribution in [-0.4, -0.2) is 41.9 Å². The summed E-state index contributed by atoms with van der Waals surface area (Å²) in [4.78, 5) is 30.4. The number of ether oxygens (including phenoxy) is 1. The van der Waals surface area contributed by atoms with Crippen LogP contribution in [0.5, 0.6) is 5.75 Å². The molecule has 0 bridgehead atoms. The largest absolute Gasteiger partial charge is 0.481 e. The maximum atomic E-state index is 12.2. The summed E-state index contributed by atoms with van der Waals surface area (Å²) in [6.45, 7) is 3.36. The van der Waals surface area contributed by atoms with Crippen LogP contribution in [0.25, 0.3) is 0 Å². The Labute approximate surface area is 149 Å². The van der Waals surface area contributed by atoms with Gasteiger partial charge in [0.2, 0.25) is 0 Å². The maximum absolute atomic E-state index is 12.2.